The Balaban J connectivity index is 2.60. The van der Waals surface area contributed by atoms with Crippen molar-refractivity contribution in [1.29, 1.82) is 0 Å². The summed E-state index contributed by atoms with van der Waals surface area (Å²) in [4.78, 5) is 16.1. The first-order valence-corrected chi connectivity index (χ1v) is 7.88. The van der Waals surface area contributed by atoms with E-state index in [0.717, 1.165) is 12.0 Å². The summed E-state index contributed by atoms with van der Waals surface area (Å²) in [6, 6.07) is 0. The van der Waals surface area contributed by atoms with Crippen molar-refractivity contribution in [2.24, 2.45) is 0 Å². The highest BCUT2D eigenvalue weighted by molar-refractivity contribution is 7.99. The van der Waals surface area contributed by atoms with Gasteiger partial charge in [-0.05, 0) is 6.42 Å². The summed E-state index contributed by atoms with van der Waals surface area (Å²) in [5, 5.41) is 0.519. The zero-order valence-electron chi connectivity index (χ0n) is 9.47. The predicted molar refractivity (Wildman–Crippen MR) is 64.1 cm³/mol. The molecule has 0 bridgehead atoms. The van der Waals surface area contributed by atoms with Crippen LogP contribution in [-0.2, 0) is 23.1 Å². The Morgan fingerprint density at radius 3 is 2.82 bits per heavy atom. The van der Waals surface area contributed by atoms with E-state index in [1.54, 1.807) is 11.5 Å². The molecule has 0 saturated carbocycles. The molecule has 94 valence electrons. The van der Waals surface area contributed by atoms with Crippen molar-refractivity contribution in [3.8, 4) is 5.88 Å². The van der Waals surface area contributed by atoms with E-state index in [-0.39, 0.29) is 11.4 Å². The van der Waals surface area contributed by atoms with Gasteiger partial charge in [0, 0.05) is 12.3 Å². The fraction of sp³-hybridized carbons (Fsp3) is 0.556. The van der Waals surface area contributed by atoms with Gasteiger partial charge in [0.25, 0.3) is 5.56 Å². The fourth-order valence-electron chi connectivity index (χ4n) is 1.61. The van der Waals surface area contributed by atoms with Crippen LogP contribution in [0.2, 0.25) is 0 Å². The normalized spacial score (nSPS) is 14.7. The molecular formula is C9H12N2O4S2. The standard InChI is InChI=1S/C9H12N2O4S2/c1-3-6-7(15-17(2,13)14)10-9-11(8(6)12)4-5-16-9/h3-5H2,1-2H3. The minimum atomic E-state index is -3.66. The summed E-state index contributed by atoms with van der Waals surface area (Å²) in [5.41, 5.74) is 0.0998. The van der Waals surface area contributed by atoms with E-state index in [9.17, 15) is 13.2 Å². The van der Waals surface area contributed by atoms with Gasteiger partial charge in [-0.15, -0.1) is 0 Å². The van der Waals surface area contributed by atoms with Crippen LogP contribution in [0, 0.1) is 0 Å². The summed E-state index contributed by atoms with van der Waals surface area (Å²) in [5.74, 6) is 0.689. The Morgan fingerprint density at radius 1 is 1.53 bits per heavy atom. The van der Waals surface area contributed by atoms with Gasteiger partial charge in [-0.2, -0.15) is 13.4 Å². The third-order valence-corrected chi connectivity index (χ3v) is 3.74. The highest BCUT2D eigenvalue weighted by atomic mass is 32.2. The molecule has 0 aliphatic carbocycles. The van der Waals surface area contributed by atoms with Crippen LogP contribution in [0.25, 0.3) is 0 Å². The molecule has 0 fully saturated rings. The number of hydrogen-bond donors (Lipinski definition) is 0. The molecule has 0 aromatic carbocycles. The molecule has 1 aliphatic rings. The molecule has 2 rings (SSSR count). The maximum absolute atomic E-state index is 12.0. The lowest BCUT2D eigenvalue weighted by atomic mass is 10.2. The van der Waals surface area contributed by atoms with E-state index in [4.69, 9.17) is 4.18 Å². The molecule has 1 aliphatic heterocycles. The molecule has 17 heavy (non-hydrogen) atoms. The lowest BCUT2D eigenvalue weighted by Crippen LogP contribution is -2.26. The highest BCUT2D eigenvalue weighted by Crippen LogP contribution is 2.25. The molecular weight excluding hydrogens is 264 g/mol. The topological polar surface area (TPSA) is 78.3 Å². The maximum atomic E-state index is 12.0. The third-order valence-electron chi connectivity index (χ3n) is 2.32. The highest BCUT2D eigenvalue weighted by Gasteiger charge is 2.22. The van der Waals surface area contributed by atoms with E-state index < -0.39 is 10.1 Å². The largest absolute Gasteiger partial charge is 0.361 e. The van der Waals surface area contributed by atoms with Crippen molar-refractivity contribution in [2.75, 3.05) is 12.0 Å². The first-order chi connectivity index (χ1) is 7.92. The van der Waals surface area contributed by atoms with Crippen molar-refractivity contribution < 1.29 is 12.6 Å². The summed E-state index contributed by atoms with van der Waals surface area (Å²) in [7, 11) is -3.66. The number of rotatable bonds is 3. The number of fused-ring (bicyclic) bond motifs is 1. The lowest BCUT2D eigenvalue weighted by Gasteiger charge is -2.09. The zero-order chi connectivity index (χ0) is 12.6. The number of nitrogens with zero attached hydrogens (tertiary/aromatic N) is 2. The summed E-state index contributed by atoms with van der Waals surface area (Å²) in [6.07, 6.45) is 1.33. The molecule has 2 heterocycles. The van der Waals surface area contributed by atoms with Crippen molar-refractivity contribution in [3.05, 3.63) is 15.9 Å². The second-order valence-electron chi connectivity index (χ2n) is 3.62. The molecule has 1 aromatic heterocycles. The molecule has 8 heteroatoms. The van der Waals surface area contributed by atoms with Crippen LogP contribution in [0.15, 0.2) is 9.95 Å². The molecule has 1 aromatic rings. The first-order valence-electron chi connectivity index (χ1n) is 5.08. The predicted octanol–water partition coefficient (Wildman–Crippen LogP) is 0.250. The van der Waals surface area contributed by atoms with Crippen LogP contribution in [0.1, 0.15) is 12.5 Å². The fourth-order valence-corrected chi connectivity index (χ4v) is 2.96. The van der Waals surface area contributed by atoms with E-state index >= 15 is 0 Å². The van der Waals surface area contributed by atoms with Crippen LogP contribution in [0.5, 0.6) is 5.88 Å². The minimum absolute atomic E-state index is 0.0827. The quantitative estimate of drug-likeness (QED) is 0.581. The van der Waals surface area contributed by atoms with E-state index in [2.05, 4.69) is 4.98 Å². The van der Waals surface area contributed by atoms with Crippen LogP contribution >= 0.6 is 11.8 Å². The molecule has 0 unspecified atom stereocenters. The van der Waals surface area contributed by atoms with Crippen molar-refractivity contribution in [3.63, 3.8) is 0 Å². The van der Waals surface area contributed by atoms with Gasteiger partial charge < -0.3 is 4.18 Å². The average Bonchev–Trinajstić information content (AvgIpc) is 2.64. The van der Waals surface area contributed by atoms with E-state index in [0.29, 0.717) is 23.7 Å². The van der Waals surface area contributed by atoms with Gasteiger partial charge >= 0.3 is 10.1 Å². The van der Waals surface area contributed by atoms with Gasteiger partial charge in [-0.25, -0.2) is 0 Å². The summed E-state index contributed by atoms with van der Waals surface area (Å²) < 4.78 is 28.5. The van der Waals surface area contributed by atoms with Crippen LogP contribution in [-0.4, -0.2) is 30.0 Å². The smallest absolute Gasteiger partial charge is 0.307 e. The molecule has 0 spiro atoms. The number of aromatic nitrogens is 2. The van der Waals surface area contributed by atoms with Gasteiger partial charge in [-0.3, -0.25) is 9.36 Å². The van der Waals surface area contributed by atoms with E-state index in [1.807, 2.05) is 0 Å². The maximum Gasteiger partial charge on any atom is 0.307 e. The van der Waals surface area contributed by atoms with Crippen molar-refractivity contribution in [2.45, 2.75) is 25.0 Å². The molecule has 0 N–H and O–H groups in total. The van der Waals surface area contributed by atoms with Gasteiger partial charge in [0.05, 0.1) is 11.8 Å². The molecule has 0 atom stereocenters. The van der Waals surface area contributed by atoms with Gasteiger partial charge in [0.1, 0.15) is 0 Å². The van der Waals surface area contributed by atoms with Crippen LogP contribution < -0.4 is 9.74 Å². The Morgan fingerprint density at radius 2 is 2.24 bits per heavy atom. The van der Waals surface area contributed by atoms with Crippen molar-refractivity contribution in [1.82, 2.24) is 9.55 Å². The molecule has 0 amide bonds. The van der Waals surface area contributed by atoms with Crippen LogP contribution in [0.4, 0.5) is 0 Å². The Kier molecular flexibility index (Phi) is 3.17. The zero-order valence-corrected chi connectivity index (χ0v) is 11.1. The van der Waals surface area contributed by atoms with Gasteiger partial charge in [-0.1, -0.05) is 18.7 Å². The number of hydrogen-bond acceptors (Lipinski definition) is 6. The summed E-state index contributed by atoms with van der Waals surface area (Å²) >= 11 is 1.42. The first kappa shape index (κ1) is 12.4. The summed E-state index contributed by atoms with van der Waals surface area (Å²) in [6.45, 7) is 2.38. The molecule has 0 radical (unpaired) electrons. The Labute approximate surface area is 103 Å². The molecule has 0 saturated heterocycles. The molecule has 6 nitrogen and oxygen atoms in total. The number of thioether (sulfide) groups is 1. The second kappa shape index (κ2) is 4.34. The van der Waals surface area contributed by atoms with Gasteiger partial charge in [0.2, 0.25) is 5.88 Å². The average molecular weight is 276 g/mol. The second-order valence-corrected chi connectivity index (χ2v) is 6.26. The monoisotopic (exact) mass is 276 g/mol. The Hall–Kier alpha value is -1.02. The van der Waals surface area contributed by atoms with Crippen molar-refractivity contribution >= 4 is 21.9 Å². The Bertz CT molecular complexity index is 606. The van der Waals surface area contributed by atoms with E-state index in [1.165, 1.54) is 11.8 Å². The SMILES string of the molecule is CCc1c(OS(C)(=O)=O)nc2n(c1=O)CCS2. The van der Waals surface area contributed by atoms with Gasteiger partial charge in [0.15, 0.2) is 5.16 Å². The lowest BCUT2D eigenvalue weighted by molar-refractivity contribution is 0.466. The minimum Gasteiger partial charge on any atom is -0.361 e. The van der Waals surface area contributed by atoms with Crippen LogP contribution in [0.3, 0.4) is 0 Å². The third kappa shape index (κ3) is 2.47.